The van der Waals surface area contributed by atoms with Crippen molar-refractivity contribution in [3.63, 3.8) is 0 Å². The van der Waals surface area contributed by atoms with E-state index < -0.39 is 5.41 Å². The molecule has 0 amide bonds. The molecule has 1 fully saturated rings. The first kappa shape index (κ1) is 15.8. The monoisotopic (exact) mass is 283 g/mol. The summed E-state index contributed by atoms with van der Waals surface area (Å²) in [5.41, 5.74) is 1.18. The second kappa shape index (κ2) is 5.64. The molecule has 2 heteroatoms. The first-order chi connectivity index (χ1) is 9.81. The van der Waals surface area contributed by atoms with Crippen molar-refractivity contribution in [3.8, 4) is 6.07 Å². The quantitative estimate of drug-likeness (QED) is 0.810. The van der Waals surface area contributed by atoms with Crippen LogP contribution in [0.3, 0.4) is 0 Å². The second-order valence-corrected chi connectivity index (χ2v) is 7.33. The van der Waals surface area contributed by atoms with Gasteiger partial charge in [-0.25, -0.2) is 0 Å². The van der Waals surface area contributed by atoms with Crippen LogP contribution >= 0.6 is 0 Å². The summed E-state index contributed by atoms with van der Waals surface area (Å²) in [5, 5.41) is 9.68. The van der Waals surface area contributed by atoms with Gasteiger partial charge in [0, 0.05) is 5.41 Å². The van der Waals surface area contributed by atoms with E-state index >= 15 is 0 Å². The predicted octanol–water partition coefficient (Wildman–Crippen LogP) is 4.64. The van der Waals surface area contributed by atoms with E-state index in [2.05, 4.69) is 44.2 Å². The molecule has 1 unspecified atom stereocenters. The molecule has 1 aromatic carbocycles. The van der Waals surface area contributed by atoms with Crippen LogP contribution in [0.2, 0.25) is 0 Å². The lowest BCUT2D eigenvalue weighted by molar-refractivity contribution is -0.138. The lowest BCUT2D eigenvalue weighted by Gasteiger charge is -2.39. The molecule has 0 bridgehead atoms. The molecule has 0 radical (unpaired) electrons. The van der Waals surface area contributed by atoms with E-state index in [4.69, 9.17) is 0 Å². The van der Waals surface area contributed by atoms with Crippen LogP contribution in [0.1, 0.15) is 64.0 Å². The summed E-state index contributed by atoms with van der Waals surface area (Å²) in [6.07, 6.45) is 3.08. The van der Waals surface area contributed by atoms with E-state index in [0.717, 1.165) is 18.4 Å². The molecule has 1 atom stereocenters. The van der Waals surface area contributed by atoms with Crippen molar-refractivity contribution >= 4 is 5.78 Å². The lowest BCUT2D eigenvalue weighted by Crippen LogP contribution is -2.45. The second-order valence-electron chi connectivity index (χ2n) is 7.33. The highest BCUT2D eigenvalue weighted by Crippen LogP contribution is 2.44. The summed E-state index contributed by atoms with van der Waals surface area (Å²) in [5.74, 6) is 0.621. The summed E-state index contributed by atoms with van der Waals surface area (Å²) < 4.78 is 0. The minimum Gasteiger partial charge on any atom is -0.297 e. The number of nitriles is 1. The molecule has 0 spiro atoms. The van der Waals surface area contributed by atoms with Gasteiger partial charge >= 0.3 is 0 Å². The molecule has 0 aromatic heterocycles. The first-order valence-electron chi connectivity index (χ1n) is 7.86. The average Bonchev–Trinajstić information content (AvgIpc) is 2.44. The number of Topliss-reactive ketones (excluding diaryl/α,β-unsaturated/α-hetero) is 1. The van der Waals surface area contributed by atoms with E-state index in [1.165, 1.54) is 5.56 Å². The Kier molecular flexibility index (Phi) is 4.23. The molecular formula is C19H25NO. The Morgan fingerprint density at radius 2 is 1.81 bits per heavy atom. The summed E-state index contributed by atoms with van der Waals surface area (Å²) in [7, 11) is 0. The average molecular weight is 283 g/mol. The highest BCUT2D eigenvalue weighted by atomic mass is 16.1. The van der Waals surface area contributed by atoms with Crippen molar-refractivity contribution in [3.05, 3.63) is 35.4 Å². The normalized spacial score (nSPS) is 24.9. The summed E-state index contributed by atoms with van der Waals surface area (Å²) in [6.45, 7) is 8.28. The van der Waals surface area contributed by atoms with Crippen LogP contribution in [0.4, 0.5) is 0 Å². The Balaban J connectivity index is 2.26. The maximum atomic E-state index is 12.8. The fourth-order valence-electron chi connectivity index (χ4n) is 3.39. The highest BCUT2D eigenvalue weighted by molar-refractivity contribution is 5.93. The zero-order valence-corrected chi connectivity index (χ0v) is 13.6. The van der Waals surface area contributed by atoms with Crippen molar-refractivity contribution in [2.24, 2.45) is 10.8 Å². The minimum absolute atomic E-state index is 0.122. The van der Waals surface area contributed by atoms with Crippen molar-refractivity contribution in [1.29, 1.82) is 5.26 Å². The Hall–Kier alpha value is -1.62. The van der Waals surface area contributed by atoms with Crippen LogP contribution in [0.15, 0.2) is 24.3 Å². The van der Waals surface area contributed by atoms with Crippen LogP contribution in [-0.4, -0.2) is 5.78 Å². The first-order valence-corrected chi connectivity index (χ1v) is 7.86. The number of hydrogen-bond donors (Lipinski definition) is 0. The van der Waals surface area contributed by atoms with Crippen molar-refractivity contribution in [2.45, 2.75) is 59.3 Å². The summed E-state index contributed by atoms with van der Waals surface area (Å²) in [4.78, 5) is 12.8. The van der Waals surface area contributed by atoms with Crippen molar-refractivity contribution < 1.29 is 4.79 Å². The van der Waals surface area contributed by atoms with Gasteiger partial charge in [-0.05, 0) is 36.3 Å². The maximum absolute atomic E-state index is 12.8. The zero-order valence-electron chi connectivity index (χ0n) is 13.6. The van der Waals surface area contributed by atoms with Crippen LogP contribution in [-0.2, 0) is 11.2 Å². The molecule has 1 aliphatic carbocycles. The SMILES string of the molecule is CC(C)c1ccc(CC2(C#N)CCCC(C)(C)C2=O)cc1. The Labute approximate surface area is 128 Å². The standard InChI is InChI=1S/C19H25NO/c1-14(2)16-8-6-15(7-9-16)12-19(13-20)11-5-10-18(3,4)17(19)21/h6-9,14H,5,10-12H2,1-4H3. The fraction of sp³-hybridized carbons (Fsp3) is 0.579. The van der Waals surface area contributed by atoms with Gasteiger partial charge in [-0.2, -0.15) is 5.26 Å². The van der Waals surface area contributed by atoms with Gasteiger partial charge in [0.05, 0.1) is 6.07 Å². The third kappa shape index (κ3) is 3.02. The molecular weight excluding hydrogens is 258 g/mol. The largest absolute Gasteiger partial charge is 0.297 e. The van der Waals surface area contributed by atoms with Crippen LogP contribution in [0.25, 0.3) is 0 Å². The summed E-state index contributed by atoms with van der Waals surface area (Å²) in [6, 6.07) is 10.7. The van der Waals surface area contributed by atoms with Gasteiger partial charge in [-0.1, -0.05) is 58.4 Å². The highest BCUT2D eigenvalue weighted by Gasteiger charge is 2.48. The molecule has 1 aromatic rings. The molecule has 112 valence electrons. The Morgan fingerprint density at radius 3 is 2.33 bits per heavy atom. The van der Waals surface area contributed by atoms with E-state index in [0.29, 0.717) is 18.8 Å². The molecule has 0 heterocycles. The molecule has 1 saturated carbocycles. The number of hydrogen-bond acceptors (Lipinski definition) is 2. The van der Waals surface area contributed by atoms with Crippen LogP contribution < -0.4 is 0 Å². The van der Waals surface area contributed by atoms with Gasteiger partial charge in [-0.15, -0.1) is 0 Å². The smallest absolute Gasteiger partial charge is 0.158 e. The molecule has 2 rings (SSSR count). The zero-order chi connectivity index (χ0) is 15.7. The fourth-order valence-corrected chi connectivity index (χ4v) is 3.39. The van der Waals surface area contributed by atoms with Gasteiger partial charge in [0.2, 0.25) is 0 Å². The van der Waals surface area contributed by atoms with E-state index in [1.54, 1.807) is 0 Å². The molecule has 1 aliphatic rings. The minimum atomic E-state index is -0.832. The van der Waals surface area contributed by atoms with Gasteiger partial charge in [0.15, 0.2) is 5.78 Å². The number of rotatable bonds is 3. The Bertz CT molecular complexity index is 562. The predicted molar refractivity (Wildman–Crippen MR) is 84.9 cm³/mol. The lowest BCUT2D eigenvalue weighted by atomic mass is 9.61. The summed E-state index contributed by atoms with van der Waals surface area (Å²) >= 11 is 0. The van der Waals surface area contributed by atoms with Crippen LogP contribution in [0, 0.1) is 22.2 Å². The number of carbonyl (C=O) groups excluding carboxylic acids is 1. The number of benzene rings is 1. The Morgan fingerprint density at radius 1 is 1.19 bits per heavy atom. The maximum Gasteiger partial charge on any atom is 0.158 e. The molecule has 0 saturated heterocycles. The van der Waals surface area contributed by atoms with Crippen molar-refractivity contribution in [1.82, 2.24) is 0 Å². The third-order valence-electron chi connectivity index (χ3n) is 4.82. The number of nitrogens with zero attached hydrogens (tertiary/aromatic N) is 1. The molecule has 0 N–H and O–H groups in total. The van der Waals surface area contributed by atoms with E-state index in [9.17, 15) is 10.1 Å². The molecule has 0 aliphatic heterocycles. The van der Waals surface area contributed by atoms with Gasteiger partial charge in [0.25, 0.3) is 0 Å². The molecule has 2 nitrogen and oxygen atoms in total. The topological polar surface area (TPSA) is 40.9 Å². The third-order valence-corrected chi connectivity index (χ3v) is 4.82. The van der Waals surface area contributed by atoms with Gasteiger partial charge < -0.3 is 0 Å². The molecule has 21 heavy (non-hydrogen) atoms. The van der Waals surface area contributed by atoms with Gasteiger partial charge in [-0.3, -0.25) is 4.79 Å². The number of ketones is 1. The van der Waals surface area contributed by atoms with Crippen molar-refractivity contribution in [2.75, 3.05) is 0 Å². The van der Waals surface area contributed by atoms with Crippen LogP contribution in [0.5, 0.6) is 0 Å². The number of carbonyl (C=O) groups is 1. The van der Waals surface area contributed by atoms with E-state index in [1.807, 2.05) is 13.8 Å². The van der Waals surface area contributed by atoms with Gasteiger partial charge in [0.1, 0.15) is 5.41 Å². The van der Waals surface area contributed by atoms with E-state index in [-0.39, 0.29) is 11.2 Å².